The highest BCUT2D eigenvalue weighted by Crippen LogP contribution is 2.53. The van der Waals surface area contributed by atoms with Gasteiger partial charge in [0, 0.05) is 12.0 Å². The lowest BCUT2D eigenvalue weighted by Crippen LogP contribution is -2.17. The van der Waals surface area contributed by atoms with Crippen LogP contribution < -0.4 is 10.9 Å². The number of anilines is 1. The first-order valence-corrected chi connectivity index (χ1v) is 8.53. The molecule has 1 fully saturated rings. The van der Waals surface area contributed by atoms with Crippen molar-refractivity contribution in [3.05, 3.63) is 51.9 Å². The Balaban J connectivity index is 1.75. The number of unbranched alkanes of at least 4 members (excludes halogenated alkanes) is 1. The molecule has 24 heavy (non-hydrogen) atoms. The van der Waals surface area contributed by atoms with Gasteiger partial charge in [-0.2, -0.15) is 10.1 Å². The van der Waals surface area contributed by atoms with Crippen LogP contribution in [0.1, 0.15) is 43.9 Å². The first kappa shape index (κ1) is 14.9. The fourth-order valence-corrected chi connectivity index (χ4v) is 3.31. The van der Waals surface area contributed by atoms with Crippen LogP contribution in [0.25, 0.3) is 11.0 Å². The summed E-state index contributed by atoms with van der Waals surface area (Å²) >= 11 is 0. The summed E-state index contributed by atoms with van der Waals surface area (Å²) in [6.45, 7) is 2.91. The highest BCUT2D eigenvalue weighted by atomic mass is 16.1. The number of hydrogen-bond acceptors (Lipinski definition) is 4. The fourth-order valence-electron chi connectivity index (χ4n) is 3.31. The topological polar surface area (TPSA) is 86.5 Å². The van der Waals surface area contributed by atoms with Gasteiger partial charge in [0.25, 0.3) is 5.56 Å². The van der Waals surface area contributed by atoms with E-state index in [1.165, 1.54) is 5.56 Å². The SMILES string of the molecule is CCCCNc1nc2n[nH]c(C3(c4ccccc4)CC3)c2c(=O)[nH]1. The van der Waals surface area contributed by atoms with E-state index in [1.54, 1.807) is 0 Å². The Kier molecular flexibility index (Phi) is 3.59. The monoisotopic (exact) mass is 323 g/mol. The molecule has 1 aliphatic rings. The molecule has 124 valence electrons. The van der Waals surface area contributed by atoms with Gasteiger partial charge in [0.2, 0.25) is 5.95 Å². The van der Waals surface area contributed by atoms with Gasteiger partial charge in [-0.3, -0.25) is 14.9 Å². The van der Waals surface area contributed by atoms with Crippen molar-refractivity contribution in [3.8, 4) is 0 Å². The number of aromatic nitrogens is 4. The van der Waals surface area contributed by atoms with E-state index in [-0.39, 0.29) is 11.0 Å². The van der Waals surface area contributed by atoms with Gasteiger partial charge in [0.15, 0.2) is 5.65 Å². The molecule has 2 heterocycles. The molecule has 1 aliphatic carbocycles. The summed E-state index contributed by atoms with van der Waals surface area (Å²) in [5.74, 6) is 0.489. The summed E-state index contributed by atoms with van der Waals surface area (Å²) in [6, 6.07) is 10.3. The van der Waals surface area contributed by atoms with E-state index in [0.717, 1.165) is 37.9 Å². The minimum atomic E-state index is -0.134. The van der Waals surface area contributed by atoms with E-state index in [4.69, 9.17) is 0 Å². The third-order valence-electron chi connectivity index (χ3n) is 4.80. The Morgan fingerprint density at radius 1 is 1.25 bits per heavy atom. The van der Waals surface area contributed by atoms with Crippen molar-refractivity contribution in [1.29, 1.82) is 0 Å². The van der Waals surface area contributed by atoms with Crippen LogP contribution in [0.2, 0.25) is 0 Å². The molecular weight excluding hydrogens is 302 g/mol. The van der Waals surface area contributed by atoms with Gasteiger partial charge in [-0.15, -0.1) is 0 Å². The molecule has 1 aromatic carbocycles. The average Bonchev–Trinajstić information content (AvgIpc) is 3.29. The zero-order valence-corrected chi connectivity index (χ0v) is 13.7. The smallest absolute Gasteiger partial charge is 0.263 e. The minimum Gasteiger partial charge on any atom is -0.356 e. The van der Waals surface area contributed by atoms with Crippen molar-refractivity contribution < 1.29 is 0 Å². The summed E-state index contributed by atoms with van der Waals surface area (Å²) in [5, 5.41) is 11.1. The first-order valence-electron chi connectivity index (χ1n) is 8.53. The molecule has 6 nitrogen and oxygen atoms in total. The van der Waals surface area contributed by atoms with Crippen LogP contribution in [-0.2, 0) is 5.41 Å². The normalized spacial score (nSPS) is 15.5. The van der Waals surface area contributed by atoms with Crippen LogP contribution in [0.4, 0.5) is 5.95 Å². The van der Waals surface area contributed by atoms with Crippen molar-refractivity contribution >= 4 is 17.0 Å². The zero-order valence-electron chi connectivity index (χ0n) is 13.7. The zero-order chi connectivity index (χ0) is 16.6. The molecule has 0 radical (unpaired) electrons. The number of H-pyrrole nitrogens is 2. The van der Waals surface area contributed by atoms with Crippen LogP contribution in [0.3, 0.4) is 0 Å². The maximum atomic E-state index is 12.6. The lowest BCUT2D eigenvalue weighted by molar-refractivity contribution is 0.798. The third-order valence-corrected chi connectivity index (χ3v) is 4.80. The molecule has 6 heteroatoms. The van der Waals surface area contributed by atoms with Gasteiger partial charge < -0.3 is 5.32 Å². The van der Waals surface area contributed by atoms with Crippen LogP contribution in [-0.4, -0.2) is 26.7 Å². The second-order valence-corrected chi connectivity index (χ2v) is 6.44. The van der Waals surface area contributed by atoms with E-state index < -0.39 is 0 Å². The lowest BCUT2D eigenvalue weighted by Gasteiger charge is -2.14. The molecule has 0 atom stereocenters. The molecule has 0 aliphatic heterocycles. The van der Waals surface area contributed by atoms with Crippen molar-refractivity contribution in [3.63, 3.8) is 0 Å². The van der Waals surface area contributed by atoms with Gasteiger partial charge in [0.1, 0.15) is 5.39 Å². The average molecular weight is 323 g/mol. The van der Waals surface area contributed by atoms with E-state index in [9.17, 15) is 4.79 Å². The summed E-state index contributed by atoms with van der Waals surface area (Å²) in [5.41, 5.74) is 2.33. The van der Waals surface area contributed by atoms with Crippen molar-refractivity contribution in [2.24, 2.45) is 0 Å². The third kappa shape index (κ3) is 2.38. The van der Waals surface area contributed by atoms with Gasteiger partial charge in [-0.1, -0.05) is 43.7 Å². The molecule has 1 saturated carbocycles. The lowest BCUT2D eigenvalue weighted by atomic mass is 9.91. The summed E-state index contributed by atoms with van der Waals surface area (Å²) in [4.78, 5) is 19.9. The molecule has 3 N–H and O–H groups in total. The predicted molar refractivity (Wildman–Crippen MR) is 94.4 cm³/mol. The standard InChI is InChI=1S/C18H21N5O/c1-2-3-11-19-17-20-15-13(16(24)21-17)14(22-23-15)18(9-10-18)12-7-5-4-6-8-12/h4-8H,2-3,9-11H2,1H3,(H3,19,20,21,22,23,24). The van der Waals surface area contributed by atoms with Crippen LogP contribution in [0.15, 0.2) is 35.1 Å². The first-order chi connectivity index (χ1) is 11.7. The number of rotatable bonds is 6. The number of aromatic amines is 2. The van der Waals surface area contributed by atoms with Gasteiger partial charge in [-0.05, 0) is 24.8 Å². The van der Waals surface area contributed by atoms with Crippen LogP contribution in [0.5, 0.6) is 0 Å². The van der Waals surface area contributed by atoms with E-state index in [1.807, 2.05) is 18.2 Å². The molecule has 3 aromatic rings. The Morgan fingerprint density at radius 2 is 2.04 bits per heavy atom. The fraction of sp³-hybridized carbons (Fsp3) is 0.389. The maximum Gasteiger partial charge on any atom is 0.263 e. The van der Waals surface area contributed by atoms with E-state index >= 15 is 0 Å². The van der Waals surface area contributed by atoms with Crippen molar-refractivity contribution in [2.75, 3.05) is 11.9 Å². The maximum absolute atomic E-state index is 12.6. The van der Waals surface area contributed by atoms with Crippen LogP contribution in [0, 0.1) is 0 Å². The Labute approximate surface area is 139 Å². The summed E-state index contributed by atoms with van der Waals surface area (Å²) in [7, 11) is 0. The molecule has 4 rings (SSSR count). The molecule has 0 spiro atoms. The second-order valence-electron chi connectivity index (χ2n) is 6.44. The largest absolute Gasteiger partial charge is 0.356 e. The highest BCUT2D eigenvalue weighted by Gasteiger charge is 2.48. The van der Waals surface area contributed by atoms with Crippen LogP contribution >= 0.6 is 0 Å². The molecule has 0 saturated heterocycles. The predicted octanol–water partition coefficient (Wildman–Crippen LogP) is 2.94. The number of nitrogens with one attached hydrogen (secondary N) is 3. The van der Waals surface area contributed by atoms with Gasteiger partial charge in [-0.25, -0.2) is 0 Å². The molecule has 0 amide bonds. The van der Waals surface area contributed by atoms with Gasteiger partial charge in [0.05, 0.1) is 5.69 Å². The number of nitrogens with zero attached hydrogens (tertiary/aromatic N) is 2. The summed E-state index contributed by atoms with van der Waals surface area (Å²) < 4.78 is 0. The second kappa shape index (κ2) is 5.78. The highest BCUT2D eigenvalue weighted by molar-refractivity contribution is 5.80. The van der Waals surface area contributed by atoms with Crippen molar-refractivity contribution in [1.82, 2.24) is 20.2 Å². The Morgan fingerprint density at radius 3 is 2.75 bits per heavy atom. The number of hydrogen-bond donors (Lipinski definition) is 3. The minimum absolute atomic E-state index is 0.123. The van der Waals surface area contributed by atoms with Crippen molar-refractivity contribution in [2.45, 2.75) is 38.0 Å². The quantitative estimate of drug-likeness (QED) is 0.609. The Hall–Kier alpha value is -2.63. The van der Waals surface area contributed by atoms with Gasteiger partial charge >= 0.3 is 0 Å². The number of benzene rings is 1. The Bertz CT molecular complexity index is 908. The number of fused-ring (bicyclic) bond motifs is 1. The van der Waals surface area contributed by atoms with E-state index in [2.05, 4.69) is 44.5 Å². The molecule has 0 unspecified atom stereocenters. The molecule has 0 bridgehead atoms. The molecule has 2 aromatic heterocycles. The van der Waals surface area contributed by atoms with E-state index in [0.29, 0.717) is 17.0 Å². The summed E-state index contributed by atoms with van der Waals surface area (Å²) in [6.07, 6.45) is 4.16. The molecular formula is C18H21N5O.